The third-order valence-electron chi connectivity index (χ3n) is 4.05. The maximum absolute atomic E-state index is 4.42. The molecule has 0 saturated heterocycles. The normalized spacial score (nSPS) is 18.7. The molecule has 1 aliphatic heterocycles. The number of fused-ring (bicyclic) bond motifs is 1. The van der Waals surface area contributed by atoms with E-state index in [9.17, 15) is 0 Å². The van der Waals surface area contributed by atoms with E-state index in [1.807, 2.05) is 0 Å². The molecule has 4 nitrogen and oxygen atoms in total. The van der Waals surface area contributed by atoms with Crippen LogP contribution in [-0.2, 0) is 13.0 Å². The first-order valence-corrected chi connectivity index (χ1v) is 7.90. The molecule has 0 saturated carbocycles. The third kappa shape index (κ3) is 3.78. The topological polar surface area (TPSA) is 42.7 Å². The van der Waals surface area contributed by atoms with Crippen molar-refractivity contribution in [2.75, 3.05) is 0 Å². The Morgan fingerprint density at radius 1 is 1.21 bits per heavy atom. The van der Waals surface area contributed by atoms with E-state index in [1.165, 1.54) is 44.3 Å². The van der Waals surface area contributed by atoms with Gasteiger partial charge in [-0.05, 0) is 33.1 Å². The zero-order valence-electron chi connectivity index (χ0n) is 12.7. The quantitative estimate of drug-likeness (QED) is 0.857. The van der Waals surface area contributed by atoms with Gasteiger partial charge in [0, 0.05) is 19.0 Å². The molecule has 0 spiro atoms. The summed E-state index contributed by atoms with van der Waals surface area (Å²) in [7, 11) is 0. The third-order valence-corrected chi connectivity index (χ3v) is 4.05. The van der Waals surface area contributed by atoms with Gasteiger partial charge >= 0.3 is 0 Å². The van der Waals surface area contributed by atoms with E-state index < -0.39 is 0 Å². The summed E-state index contributed by atoms with van der Waals surface area (Å²) in [5, 5.41) is 12.5. The van der Waals surface area contributed by atoms with Crippen molar-refractivity contribution in [2.45, 2.75) is 84.3 Å². The van der Waals surface area contributed by atoms with Gasteiger partial charge in [0.05, 0.1) is 6.04 Å². The van der Waals surface area contributed by atoms with Gasteiger partial charge in [-0.15, -0.1) is 10.2 Å². The average Bonchev–Trinajstić information content (AvgIpc) is 2.66. The maximum atomic E-state index is 4.42. The van der Waals surface area contributed by atoms with Crippen molar-refractivity contribution >= 4 is 0 Å². The number of aryl methyl sites for hydroxylation is 1. The molecule has 2 unspecified atom stereocenters. The minimum Gasteiger partial charge on any atom is -0.314 e. The summed E-state index contributed by atoms with van der Waals surface area (Å²) in [4.78, 5) is 0. The van der Waals surface area contributed by atoms with Crippen molar-refractivity contribution in [1.29, 1.82) is 0 Å². The first-order valence-electron chi connectivity index (χ1n) is 7.90. The van der Waals surface area contributed by atoms with Crippen LogP contribution in [0.15, 0.2) is 0 Å². The largest absolute Gasteiger partial charge is 0.314 e. The number of nitrogens with one attached hydrogen (secondary N) is 1. The number of hydrogen-bond acceptors (Lipinski definition) is 3. The molecule has 19 heavy (non-hydrogen) atoms. The lowest BCUT2D eigenvalue weighted by Gasteiger charge is -2.20. The highest BCUT2D eigenvalue weighted by atomic mass is 15.3. The lowest BCUT2D eigenvalue weighted by atomic mass is 10.1. The molecule has 0 aliphatic carbocycles. The Morgan fingerprint density at radius 3 is 2.84 bits per heavy atom. The van der Waals surface area contributed by atoms with Crippen LogP contribution in [0.3, 0.4) is 0 Å². The van der Waals surface area contributed by atoms with Crippen molar-refractivity contribution in [2.24, 2.45) is 0 Å². The second kappa shape index (κ2) is 7.04. The minimum absolute atomic E-state index is 0.297. The molecular weight excluding hydrogens is 236 g/mol. The lowest BCUT2D eigenvalue weighted by molar-refractivity contribution is 0.419. The van der Waals surface area contributed by atoms with Gasteiger partial charge in [-0.25, -0.2) is 0 Å². The smallest absolute Gasteiger partial charge is 0.149 e. The predicted octanol–water partition coefficient (Wildman–Crippen LogP) is 3.23. The molecule has 108 valence electrons. The molecule has 0 bridgehead atoms. The van der Waals surface area contributed by atoms with E-state index in [2.05, 4.69) is 40.9 Å². The van der Waals surface area contributed by atoms with Gasteiger partial charge in [-0.1, -0.05) is 26.2 Å². The summed E-state index contributed by atoms with van der Waals surface area (Å²) in [6.45, 7) is 7.82. The van der Waals surface area contributed by atoms with Crippen LogP contribution in [0.4, 0.5) is 0 Å². The van der Waals surface area contributed by atoms with Gasteiger partial charge in [-0.3, -0.25) is 0 Å². The molecule has 0 amide bonds. The van der Waals surface area contributed by atoms with Gasteiger partial charge in [0.1, 0.15) is 11.6 Å². The maximum Gasteiger partial charge on any atom is 0.149 e. The monoisotopic (exact) mass is 264 g/mol. The molecule has 0 fully saturated rings. The van der Waals surface area contributed by atoms with Crippen LogP contribution >= 0.6 is 0 Å². The van der Waals surface area contributed by atoms with Crippen LogP contribution in [0, 0.1) is 0 Å². The van der Waals surface area contributed by atoms with Crippen molar-refractivity contribution in [3.63, 3.8) is 0 Å². The molecule has 2 rings (SSSR count). The molecular formula is C15H28N4. The SMILES string of the molecule is CCCCC(C)NC(C)c1nnc2n1CCCCC2. The zero-order chi connectivity index (χ0) is 13.7. The molecule has 1 aromatic rings. The number of aromatic nitrogens is 3. The van der Waals surface area contributed by atoms with Gasteiger partial charge < -0.3 is 9.88 Å². The summed E-state index contributed by atoms with van der Waals surface area (Å²) < 4.78 is 2.34. The molecule has 0 radical (unpaired) electrons. The number of rotatable bonds is 6. The first-order chi connectivity index (χ1) is 9.22. The lowest BCUT2D eigenvalue weighted by Crippen LogP contribution is -2.30. The van der Waals surface area contributed by atoms with Gasteiger partial charge in [0.25, 0.3) is 0 Å². The molecule has 0 aromatic carbocycles. The minimum atomic E-state index is 0.297. The van der Waals surface area contributed by atoms with E-state index in [-0.39, 0.29) is 0 Å². The summed E-state index contributed by atoms with van der Waals surface area (Å²) >= 11 is 0. The first kappa shape index (κ1) is 14.5. The van der Waals surface area contributed by atoms with E-state index in [0.29, 0.717) is 12.1 Å². The molecule has 1 N–H and O–H groups in total. The Morgan fingerprint density at radius 2 is 2.05 bits per heavy atom. The number of unbranched alkanes of at least 4 members (excludes halogenated alkanes) is 1. The molecule has 1 aliphatic rings. The Hall–Kier alpha value is -0.900. The van der Waals surface area contributed by atoms with Crippen LogP contribution in [0.25, 0.3) is 0 Å². The highest BCUT2D eigenvalue weighted by molar-refractivity contribution is 5.02. The summed E-state index contributed by atoms with van der Waals surface area (Å²) in [5.74, 6) is 2.31. The fraction of sp³-hybridized carbons (Fsp3) is 0.867. The standard InChI is InChI=1S/C15H28N4/c1-4-5-9-12(2)16-13(3)15-18-17-14-10-7-6-8-11-19(14)15/h12-13,16H,4-11H2,1-3H3. The van der Waals surface area contributed by atoms with Crippen molar-refractivity contribution in [3.8, 4) is 0 Å². The fourth-order valence-electron chi connectivity index (χ4n) is 2.92. The van der Waals surface area contributed by atoms with E-state index in [0.717, 1.165) is 18.8 Å². The second-order valence-corrected chi connectivity index (χ2v) is 5.87. The van der Waals surface area contributed by atoms with Crippen molar-refractivity contribution in [1.82, 2.24) is 20.1 Å². The van der Waals surface area contributed by atoms with Crippen LogP contribution in [-0.4, -0.2) is 20.8 Å². The Kier molecular flexibility index (Phi) is 5.37. The Bertz CT molecular complexity index is 385. The molecule has 4 heteroatoms. The average molecular weight is 264 g/mol. The van der Waals surface area contributed by atoms with Crippen LogP contribution in [0.5, 0.6) is 0 Å². The highest BCUT2D eigenvalue weighted by Crippen LogP contribution is 2.19. The van der Waals surface area contributed by atoms with Gasteiger partial charge in [0.2, 0.25) is 0 Å². The fourth-order valence-corrected chi connectivity index (χ4v) is 2.92. The van der Waals surface area contributed by atoms with Crippen molar-refractivity contribution in [3.05, 3.63) is 11.6 Å². The molecule has 2 heterocycles. The zero-order valence-corrected chi connectivity index (χ0v) is 12.7. The predicted molar refractivity (Wildman–Crippen MR) is 78.1 cm³/mol. The van der Waals surface area contributed by atoms with Gasteiger partial charge in [-0.2, -0.15) is 0 Å². The van der Waals surface area contributed by atoms with Crippen LogP contribution in [0.2, 0.25) is 0 Å². The van der Waals surface area contributed by atoms with E-state index in [4.69, 9.17) is 0 Å². The second-order valence-electron chi connectivity index (χ2n) is 5.87. The van der Waals surface area contributed by atoms with Crippen LogP contribution < -0.4 is 5.32 Å². The van der Waals surface area contributed by atoms with E-state index >= 15 is 0 Å². The van der Waals surface area contributed by atoms with Crippen molar-refractivity contribution < 1.29 is 0 Å². The Labute approximate surface area is 117 Å². The highest BCUT2D eigenvalue weighted by Gasteiger charge is 2.19. The van der Waals surface area contributed by atoms with Gasteiger partial charge in [0.15, 0.2) is 0 Å². The Balaban J connectivity index is 1.99. The molecule has 1 aromatic heterocycles. The summed E-state index contributed by atoms with van der Waals surface area (Å²) in [6, 6.07) is 0.847. The van der Waals surface area contributed by atoms with Crippen LogP contribution in [0.1, 0.15) is 77.0 Å². The molecule has 2 atom stereocenters. The van der Waals surface area contributed by atoms with E-state index in [1.54, 1.807) is 0 Å². The number of hydrogen-bond donors (Lipinski definition) is 1. The number of nitrogens with zero attached hydrogens (tertiary/aromatic N) is 3. The summed E-state index contributed by atoms with van der Waals surface area (Å²) in [5.41, 5.74) is 0. The summed E-state index contributed by atoms with van der Waals surface area (Å²) in [6.07, 6.45) is 8.72.